The van der Waals surface area contributed by atoms with Crippen LogP contribution in [-0.2, 0) is 0 Å². The Kier molecular flexibility index (Phi) is 2.08. The van der Waals surface area contributed by atoms with E-state index >= 15 is 0 Å². The van der Waals surface area contributed by atoms with Crippen molar-refractivity contribution in [3.05, 3.63) is 17.7 Å². The zero-order chi connectivity index (χ0) is 12.2. The Labute approximate surface area is 101 Å². The van der Waals surface area contributed by atoms with Gasteiger partial charge in [0, 0.05) is 23.6 Å². The van der Waals surface area contributed by atoms with Crippen LogP contribution in [0.3, 0.4) is 0 Å². The predicted octanol–water partition coefficient (Wildman–Crippen LogP) is 1.87. The Balaban J connectivity index is 2.05. The van der Waals surface area contributed by atoms with Gasteiger partial charge in [-0.1, -0.05) is 13.8 Å². The molecule has 0 aromatic heterocycles. The SMILES string of the molecule is COc1cc2c(cc1C1C(N)C1(C)C)OCO2. The number of hydrogen-bond donors (Lipinski definition) is 1. The highest BCUT2D eigenvalue weighted by Crippen LogP contribution is 2.60. The minimum atomic E-state index is 0.126. The number of nitrogens with two attached hydrogens (primary N) is 1. The van der Waals surface area contributed by atoms with E-state index in [0.717, 1.165) is 22.8 Å². The summed E-state index contributed by atoms with van der Waals surface area (Å²) >= 11 is 0. The minimum Gasteiger partial charge on any atom is -0.496 e. The number of ether oxygens (including phenoxy) is 3. The molecule has 1 fully saturated rings. The minimum absolute atomic E-state index is 0.126. The van der Waals surface area contributed by atoms with Crippen molar-refractivity contribution in [3.8, 4) is 17.2 Å². The summed E-state index contributed by atoms with van der Waals surface area (Å²) in [6.07, 6.45) is 0. The molecule has 1 aromatic rings. The molecule has 1 aromatic carbocycles. The Morgan fingerprint density at radius 3 is 2.41 bits per heavy atom. The zero-order valence-corrected chi connectivity index (χ0v) is 10.3. The molecule has 0 radical (unpaired) electrons. The van der Waals surface area contributed by atoms with Crippen LogP contribution in [0.1, 0.15) is 25.3 Å². The summed E-state index contributed by atoms with van der Waals surface area (Å²) in [5.74, 6) is 2.69. The first-order chi connectivity index (χ1) is 8.05. The Morgan fingerprint density at radius 2 is 1.88 bits per heavy atom. The molecule has 3 rings (SSSR count). The van der Waals surface area contributed by atoms with E-state index < -0.39 is 0 Å². The van der Waals surface area contributed by atoms with Gasteiger partial charge in [0.2, 0.25) is 6.79 Å². The first-order valence-corrected chi connectivity index (χ1v) is 5.79. The first kappa shape index (κ1) is 10.7. The summed E-state index contributed by atoms with van der Waals surface area (Å²) in [6.45, 7) is 4.63. The Bertz CT molecular complexity index is 470. The molecule has 2 N–H and O–H groups in total. The van der Waals surface area contributed by atoms with E-state index in [2.05, 4.69) is 13.8 Å². The summed E-state index contributed by atoms with van der Waals surface area (Å²) < 4.78 is 16.2. The lowest BCUT2D eigenvalue weighted by Gasteiger charge is -2.10. The van der Waals surface area contributed by atoms with Crippen molar-refractivity contribution in [2.75, 3.05) is 13.9 Å². The maximum absolute atomic E-state index is 6.12. The molecule has 1 saturated carbocycles. The normalized spacial score (nSPS) is 28.0. The third-order valence-electron chi connectivity index (χ3n) is 3.97. The average Bonchev–Trinajstić information content (AvgIpc) is 2.69. The lowest BCUT2D eigenvalue weighted by molar-refractivity contribution is 0.174. The molecule has 4 heteroatoms. The number of rotatable bonds is 2. The zero-order valence-electron chi connectivity index (χ0n) is 10.3. The fraction of sp³-hybridized carbons (Fsp3) is 0.538. The largest absolute Gasteiger partial charge is 0.496 e. The quantitative estimate of drug-likeness (QED) is 0.850. The summed E-state index contributed by atoms with van der Waals surface area (Å²) in [5.41, 5.74) is 7.36. The van der Waals surface area contributed by atoms with Crippen molar-refractivity contribution in [3.63, 3.8) is 0 Å². The Morgan fingerprint density at radius 1 is 1.29 bits per heavy atom. The van der Waals surface area contributed by atoms with E-state index in [1.54, 1.807) is 7.11 Å². The smallest absolute Gasteiger partial charge is 0.231 e. The summed E-state index contributed by atoms with van der Waals surface area (Å²) in [5, 5.41) is 0. The molecular formula is C13H17NO3. The average molecular weight is 235 g/mol. The number of hydrogen-bond acceptors (Lipinski definition) is 4. The maximum atomic E-state index is 6.12. The first-order valence-electron chi connectivity index (χ1n) is 5.79. The van der Waals surface area contributed by atoms with Crippen molar-refractivity contribution >= 4 is 0 Å². The van der Waals surface area contributed by atoms with Crippen LogP contribution in [0.4, 0.5) is 0 Å². The molecule has 0 saturated heterocycles. The Hall–Kier alpha value is -1.42. The molecule has 0 amide bonds. The van der Waals surface area contributed by atoms with Crippen molar-refractivity contribution in [1.82, 2.24) is 0 Å². The molecule has 4 nitrogen and oxygen atoms in total. The molecule has 1 aliphatic carbocycles. The van der Waals surface area contributed by atoms with Crippen molar-refractivity contribution in [2.24, 2.45) is 11.1 Å². The monoisotopic (exact) mass is 235 g/mol. The van der Waals surface area contributed by atoms with Crippen LogP contribution in [0.15, 0.2) is 12.1 Å². The van der Waals surface area contributed by atoms with Crippen LogP contribution in [0.5, 0.6) is 17.2 Å². The molecular weight excluding hydrogens is 218 g/mol. The molecule has 2 unspecified atom stereocenters. The van der Waals surface area contributed by atoms with E-state index in [0.29, 0.717) is 5.92 Å². The van der Waals surface area contributed by atoms with E-state index in [-0.39, 0.29) is 18.2 Å². The summed E-state index contributed by atoms with van der Waals surface area (Å²) in [7, 11) is 1.67. The summed E-state index contributed by atoms with van der Waals surface area (Å²) in [4.78, 5) is 0. The van der Waals surface area contributed by atoms with Gasteiger partial charge in [0.1, 0.15) is 5.75 Å². The molecule has 17 heavy (non-hydrogen) atoms. The lowest BCUT2D eigenvalue weighted by atomic mass is 10.0. The number of benzene rings is 1. The highest BCUT2D eigenvalue weighted by molar-refractivity contribution is 5.55. The maximum Gasteiger partial charge on any atom is 0.231 e. The molecule has 92 valence electrons. The van der Waals surface area contributed by atoms with Gasteiger partial charge in [0.05, 0.1) is 7.11 Å². The highest BCUT2D eigenvalue weighted by Gasteiger charge is 2.57. The van der Waals surface area contributed by atoms with E-state index in [4.69, 9.17) is 19.9 Å². The van der Waals surface area contributed by atoms with Crippen LogP contribution >= 0.6 is 0 Å². The van der Waals surface area contributed by atoms with E-state index in [1.165, 1.54) is 0 Å². The second kappa shape index (κ2) is 3.29. The van der Waals surface area contributed by atoms with Crippen LogP contribution in [0, 0.1) is 5.41 Å². The number of methoxy groups -OCH3 is 1. The lowest BCUT2D eigenvalue weighted by Crippen LogP contribution is -2.06. The molecule has 1 heterocycles. The standard InChI is InChI=1S/C13H17NO3/c1-13(2)11(12(13)14)7-4-9-10(17-6-16-9)5-8(7)15-3/h4-5,11-12H,6,14H2,1-3H3. The van der Waals surface area contributed by atoms with Gasteiger partial charge in [-0.05, 0) is 11.5 Å². The van der Waals surface area contributed by atoms with Crippen LogP contribution in [0.25, 0.3) is 0 Å². The fourth-order valence-electron chi connectivity index (χ4n) is 2.63. The van der Waals surface area contributed by atoms with Gasteiger partial charge in [-0.2, -0.15) is 0 Å². The highest BCUT2D eigenvalue weighted by atomic mass is 16.7. The van der Waals surface area contributed by atoms with Gasteiger partial charge >= 0.3 is 0 Å². The summed E-state index contributed by atoms with van der Waals surface area (Å²) in [6, 6.07) is 4.07. The molecule has 2 atom stereocenters. The van der Waals surface area contributed by atoms with Crippen molar-refractivity contribution < 1.29 is 14.2 Å². The van der Waals surface area contributed by atoms with Gasteiger partial charge in [0.25, 0.3) is 0 Å². The predicted molar refractivity (Wildman–Crippen MR) is 63.6 cm³/mol. The van der Waals surface area contributed by atoms with Gasteiger partial charge in [-0.25, -0.2) is 0 Å². The topological polar surface area (TPSA) is 53.7 Å². The molecule has 1 aliphatic heterocycles. The van der Waals surface area contributed by atoms with Crippen LogP contribution in [-0.4, -0.2) is 19.9 Å². The second-order valence-electron chi connectivity index (χ2n) is 5.27. The van der Waals surface area contributed by atoms with E-state index in [9.17, 15) is 0 Å². The van der Waals surface area contributed by atoms with Crippen LogP contribution < -0.4 is 19.9 Å². The third kappa shape index (κ3) is 1.40. The molecule has 0 bridgehead atoms. The van der Waals surface area contributed by atoms with E-state index in [1.807, 2.05) is 12.1 Å². The van der Waals surface area contributed by atoms with Crippen molar-refractivity contribution in [1.29, 1.82) is 0 Å². The van der Waals surface area contributed by atoms with Gasteiger partial charge < -0.3 is 19.9 Å². The third-order valence-corrected chi connectivity index (χ3v) is 3.97. The molecule has 0 spiro atoms. The van der Waals surface area contributed by atoms with Crippen LogP contribution in [0.2, 0.25) is 0 Å². The van der Waals surface area contributed by atoms with Gasteiger partial charge in [-0.3, -0.25) is 0 Å². The van der Waals surface area contributed by atoms with Gasteiger partial charge in [0.15, 0.2) is 11.5 Å². The number of fused-ring (bicyclic) bond motifs is 1. The second-order valence-corrected chi connectivity index (χ2v) is 5.27. The van der Waals surface area contributed by atoms with Crippen molar-refractivity contribution in [2.45, 2.75) is 25.8 Å². The molecule has 2 aliphatic rings. The fourth-order valence-corrected chi connectivity index (χ4v) is 2.63. The van der Waals surface area contributed by atoms with Gasteiger partial charge in [-0.15, -0.1) is 0 Å².